The van der Waals surface area contributed by atoms with Gasteiger partial charge in [0.05, 0.1) is 37.9 Å². The SMILES string of the molecule is C=C/C=C/[C@@H]1OC(=O)C[C@@H]2C/C(=C\C(=O)OC)CC(C[C@@H]3CCCC(C[C@@H](C)/C=C/[C@@H]1C)O3)O2. The zero-order chi connectivity index (χ0) is 24.5. The van der Waals surface area contributed by atoms with Gasteiger partial charge in [0.1, 0.15) is 6.10 Å². The van der Waals surface area contributed by atoms with Crippen molar-refractivity contribution in [2.45, 2.75) is 95.7 Å². The minimum atomic E-state index is -0.387. The van der Waals surface area contributed by atoms with Gasteiger partial charge in [-0.2, -0.15) is 0 Å². The zero-order valence-electron chi connectivity index (χ0n) is 20.8. The number of esters is 2. The van der Waals surface area contributed by atoms with Crippen molar-refractivity contribution in [3.8, 4) is 0 Å². The summed E-state index contributed by atoms with van der Waals surface area (Å²) in [5.74, 6) is -0.303. The fourth-order valence-corrected chi connectivity index (χ4v) is 5.12. The molecule has 3 aliphatic rings. The van der Waals surface area contributed by atoms with Crippen molar-refractivity contribution < 1.29 is 28.5 Å². The Morgan fingerprint density at radius 2 is 1.74 bits per heavy atom. The van der Waals surface area contributed by atoms with Crippen molar-refractivity contribution in [1.29, 1.82) is 0 Å². The molecule has 4 bridgehead atoms. The predicted octanol–water partition coefficient (Wildman–Crippen LogP) is 5.24. The molecule has 0 N–H and O–H groups in total. The maximum Gasteiger partial charge on any atom is 0.330 e. The number of carbonyl (C=O) groups excluding carboxylic acids is 2. The van der Waals surface area contributed by atoms with Gasteiger partial charge in [-0.3, -0.25) is 4.79 Å². The Hall–Kier alpha value is -2.18. The van der Waals surface area contributed by atoms with E-state index in [1.54, 1.807) is 12.2 Å². The van der Waals surface area contributed by atoms with E-state index in [0.717, 1.165) is 37.7 Å². The number of ether oxygens (including phenoxy) is 4. The average molecular weight is 473 g/mol. The highest BCUT2D eigenvalue weighted by Crippen LogP contribution is 2.33. The van der Waals surface area contributed by atoms with Crippen molar-refractivity contribution in [2.75, 3.05) is 7.11 Å². The van der Waals surface area contributed by atoms with E-state index in [1.165, 1.54) is 7.11 Å². The van der Waals surface area contributed by atoms with E-state index in [-0.39, 0.29) is 54.8 Å². The Morgan fingerprint density at radius 3 is 2.47 bits per heavy atom. The lowest BCUT2D eigenvalue weighted by atomic mass is 9.89. The molecule has 3 aliphatic heterocycles. The molecule has 2 saturated heterocycles. The molecule has 0 radical (unpaired) electrons. The van der Waals surface area contributed by atoms with Gasteiger partial charge in [0.15, 0.2) is 0 Å². The fourth-order valence-electron chi connectivity index (χ4n) is 5.12. The van der Waals surface area contributed by atoms with Crippen LogP contribution < -0.4 is 0 Å². The molecule has 3 rings (SSSR count). The van der Waals surface area contributed by atoms with Gasteiger partial charge in [-0.15, -0.1) is 0 Å². The molecule has 188 valence electrons. The van der Waals surface area contributed by atoms with Crippen molar-refractivity contribution in [1.82, 2.24) is 0 Å². The van der Waals surface area contributed by atoms with E-state index < -0.39 is 0 Å². The first-order chi connectivity index (χ1) is 16.4. The first-order valence-corrected chi connectivity index (χ1v) is 12.6. The van der Waals surface area contributed by atoms with Crippen LogP contribution in [0.1, 0.15) is 65.2 Å². The van der Waals surface area contributed by atoms with Gasteiger partial charge < -0.3 is 18.9 Å². The maximum absolute atomic E-state index is 12.9. The number of cyclic esters (lactones) is 1. The Bertz CT molecular complexity index is 797. The largest absolute Gasteiger partial charge is 0.466 e. The van der Waals surface area contributed by atoms with E-state index >= 15 is 0 Å². The van der Waals surface area contributed by atoms with Crippen molar-refractivity contribution >= 4 is 11.9 Å². The van der Waals surface area contributed by atoms with Gasteiger partial charge in [0.2, 0.25) is 0 Å². The van der Waals surface area contributed by atoms with Crippen LogP contribution >= 0.6 is 0 Å². The van der Waals surface area contributed by atoms with E-state index in [4.69, 9.17) is 18.9 Å². The number of hydrogen-bond donors (Lipinski definition) is 0. The van der Waals surface area contributed by atoms with Crippen molar-refractivity contribution in [2.24, 2.45) is 11.8 Å². The molecule has 0 aliphatic carbocycles. The van der Waals surface area contributed by atoms with Crippen LogP contribution in [0.25, 0.3) is 0 Å². The van der Waals surface area contributed by atoms with Gasteiger partial charge in [0.25, 0.3) is 0 Å². The third-order valence-electron chi connectivity index (χ3n) is 6.85. The normalized spacial score (nSPS) is 37.7. The summed E-state index contributed by atoms with van der Waals surface area (Å²) in [7, 11) is 1.37. The van der Waals surface area contributed by atoms with Crippen LogP contribution in [0.3, 0.4) is 0 Å². The van der Waals surface area contributed by atoms with Crippen LogP contribution in [-0.2, 0) is 28.5 Å². The summed E-state index contributed by atoms with van der Waals surface area (Å²) >= 11 is 0. The molecule has 6 heteroatoms. The Labute approximate surface area is 204 Å². The van der Waals surface area contributed by atoms with Gasteiger partial charge in [-0.05, 0) is 50.5 Å². The topological polar surface area (TPSA) is 71.1 Å². The van der Waals surface area contributed by atoms with Crippen molar-refractivity contribution in [3.63, 3.8) is 0 Å². The van der Waals surface area contributed by atoms with Crippen LogP contribution in [-0.4, -0.2) is 49.6 Å². The summed E-state index contributed by atoms with van der Waals surface area (Å²) in [4.78, 5) is 24.8. The van der Waals surface area contributed by atoms with Gasteiger partial charge >= 0.3 is 11.9 Å². The molecule has 2 unspecified atom stereocenters. The number of carbonyl (C=O) groups is 2. The highest BCUT2D eigenvalue weighted by atomic mass is 16.6. The average Bonchev–Trinajstić information content (AvgIpc) is 2.79. The second-order valence-corrected chi connectivity index (χ2v) is 9.90. The smallest absolute Gasteiger partial charge is 0.330 e. The predicted molar refractivity (Wildman–Crippen MR) is 131 cm³/mol. The highest BCUT2D eigenvalue weighted by Gasteiger charge is 2.33. The summed E-state index contributed by atoms with van der Waals surface area (Å²) in [6, 6.07) is 0. The van der Waals surface area contributed by atoms with Crippen LogP contribution in [0.2, 0.25) is 0 Å². The summed E-state index contributed by atoms with van der Waals surface area (Å²) in [5.41, 5.74) is 0.947. The van der Waals surface area contributed by atoms with E-state index in [2.05, 4.69) is 32.6 Å². The lowest BCUT2D eigenvalue weighted by Crippen LogP contribution is -2.37. The monoisotopic (exact) mass is 472 g/mol. The second-order valence-electron chi connectivity index (χ2n) is 9.90. The van der Waals surface area contributed by atoms with E-state index in [0.29, 0.717) is 18.8 Å². The molecule has 0 aromatic rings. The van der Waals surface area contributed by atoms with Gasteiger partial charge in [-0.1, -0.05) is 50.3 Å². The standard InChI is InChI=1S/C28H40O6/c1-5-6-10-26-20(3)12-11-19(2)13-22-8-7-9-23(32-22)17-24-14-21(16-27(29)31-4)15-25(33-24)18-28(30)34-26/h5-6,10-12,16,19-20,22-26H,1,7-9,13-15,17-18H2,2-4H3/b10-6+,12-11+,21-16-/t19-,20-,22?,23-,24?,25-,26-/m0/s1. The zero-order valence-corrected chi connectivity index (χ0v) is 20.8. The summed E-state index contributed by atoms with van der Waals surface area (Å²) in [6.45, 7) is 7.99. The summed E-state index contributed by atoms with van der Waals surface area (Å²) in [6.07, 6.45) is 17.0. The Kier molecular flexibility index (Phi) is 10.1. The molecule has 7 atom stereocenters. The number of hydrogen-bond acceptors (Lipinski definition) is 6. The van der Waals surface area contributed by atoms with Crippen LogP contribution in [0.15, 0.2) is 48.6 Å². The third-order valence-corrected chi connectivity index (χ3v) is 6.85. The highest BCUT2D eigenvalue weighted by molar-refractivity contribution is 5.82. The Morgan fingerprint density at radius 1 is 1.03 bits per heavy atom. The molecule has 0 aromatic heterocycles. The lowest BCUT2D eigenvalue weighted by Gasteiger charge is -2.37. The van der Waals surface area contributed by atoms with Crippen LogP contribution in [0.4, 0.5) is 0 Å². The number of rotatable bonds is 3. The fraction of sp³-hybridized carbons (Fsp3) is 0.643. The number of fused-ring (bicyclic) bond motifs is 4. The molecule has 6 nitrogen and oxygen atoms in total. The first-order valence-electron chi connectivity index (χ1n) is 12.6. The molecular weight excluding hydrogens is 432 g/mol. The third kappa shape index (κ3) is 8.24. The molecular formula is C28H40O6. The molecule has 2 fully saturated rings. The molecule has 0 spiro atoms. The van der Waals surface area contributed by atoms with E-state index in [1.807, 2.05) is 12.2 Å². The van der Waals surface area contributed by atoms with E-state index in [9.17, 15) is 9.59 Å². The molecule has 0 saturated carbocycles. The molecule has 3 heterocycles. The molecule has 34 heavy (non-hydrogen) atoms. The Balaban J connectivity index is 1.84. The van der Waals surface area contributed by atoms with Crippen LogP contribution in [0.5, 0.6) is 0 Å². The summed E-state index contributed by atoms with van der Waals surface area (Å²) in [5, 5.41) is 0. The number of allylic oxidation sites excluding steroid dienone is 3. The lowest BCUT2D eigenvalue weighted by molar-refractivity contribution is -0.154. The first kappa shape index (κ1) is 26.4. The molecule has 0 aromatic carbocycles. The van der Waals surface area contributed by atoms with Gasteiger partial charge in [-0.25, -0.2) is 4.79 Å². The molecule has 0 amide bonds. The van der Waals surface area contributed by atoms with Crippen LogP contribution in [0, 0.1) is 11.8 Å². The second kappa shape index (κ2) is 13.1. The quantitative estimate of drug-likeness (QED) is 0.242. The van der Waals surface area contributed by atoms with Crippen molar-refractivity contribution in [3.05, 3.63) is 48.6 Å². The van der Waals surface area contributed by atoms with Gasteiger partial charge in [0, 0.05) is 18.4 Å². The summed E-state index contributed by atoms with van der Waals surface area (Å²) < 4.78 is 23.5. The number of methoxy groups -OCH3 is 1. The maximum atomic E-state index is 12.9. The minimum absolute atomic E-state index is 0.0188. The minimum Gasteiger partial charge on any atom is -0.466 e.